The van der Waals surface area contributed by atoms with Gasteiger partial charge in [0, 0.05) is 26.1 Å². The number of aryl methyl sites for hydroxylation is 3. The monoisotopic (exact) mass is 244 g/mol. The summed E-state index contributed by atoms with van der Waals surface area (Å²) in [6.45, 7) is 0. The number of hydrogen-bond acceptors (Lipinski definition) is 5. The van der Waals surface area contributed by atoms with Gasteiger partial charge in [-0.25, -0.2) is 0 Å². The minimum Gasteiger partial charge on any atom is -0.461 e. The van der Waals surface area contributed by atoms with Crippen LogP contribution in [0.2, 0.25) is 0 Å². The molecule has 0 fully saturated rings. The Labute approximate surface area is 103 Å². The van der Waals surface area contributed by atoms with Crippen LogP contribution in [0.15, 0.2) is 39.6 Å². The third-order valence-corrected chi connectivity index (χ3v) is 2.57. The first-order chi connectivity index (χ1) is 8.81. The maximum absolute atomic E-state index is 5.20. The summed E-state index contributed by atoms with van der Waals surface area (Å²) in [6, 6.07) is 5.57. The second kappa shape index (κ2) is 4.48. The van der Waals surface area contributed by atoms with Gasteiger partial charge in [-0.15, -0.1) is 0 Å². The summed E-state index contributed by atoms with van der Waals surface area (Å²) in [4.78, 5) is 4.27. The zero-order chi connectivity index (χ0) is 12.4. The van der Waals surface area contributed by atoms with Gasteiger partial charge in [-0.3, -0.25) is 4.68 Å². The maximum Gasteiger partial charge on any atom is 0.238 e. The molecular weight excluding hydrogens is 232 g/mol. The van der Waals surface area contributed by atoms with Crippen molar-refractivity contribution in [1.82, 2.24) is 19.9 Å². The molecule has 0 atom stereocenters. The van der Waals surface area contributed by atoms with Gasteiger partial charge >= 0.3 is 0 Å². The Morgan fingerprint density at radius 2 is 2.22 bits per heavy atom. The van der Waals surface area contributed by atoms with E-state index < -0.39 is 0 Å². The zero-order valence-electron chi connectivity index (χ0n) is 9.91. The fourth-order valence-corrected chi connectivity index (χ4v) is 1.69. The molecule has 0 radical (unpaired) electrons. The van der Waals surface area contributed by atoms with Gasteiger partial charge in [-0.05, 0) is 18.2 Å². The molecule has 3 aromatic heterocycles. The first-order valence-electron chi connectivity index (χ1n) is 5.66. The predicted molar refractivity (Wildman–Crippen MR) is 62.6 cm³/mol. The Kier molecular flexibility index (Phi) is 2.68. The quantitative estimate of drug-likeness (QED) is 0.700. The Morgan fingerprint density at radius 3 is 2.94 bits per heavy atom. The first-order valence-corrected chi connectivity index (χ1v) is 5.66. The van der Waals surface area contributed by atoms with Crippen molar-refractivity contribution in [3.05, 3.63) is 42.2 Å². The molecule has 3 rings (SSSR count). The molecule has 0 aliphatic rings. The molecule has 18 heavy (non-hydrogen) atoms. The number of hydrogen-bond donors (Lipinski definition) is 0. The lowest BCUT2D eigenvalue weighted by molar-refractivity contribution is 0.377. The van der Waals surface area contributed by atoms with Gasteiger partial charge in [0.25, 0.3) is 0 Å². The molecular formula is C12H12N4O2. The van der Waals surface area contributed by atoms with E-state index in [9.17, 15) is 0 Å². The normalized spacial score (nSPS) is 10.9. The number of nitrogens with zero attached hydrogens (tertiary/aromatic N) is 4. The third-order valence-electron chi connectivity index (χ3n) is 2.57. The second-order valence-corrected chi connectivity index (χ2v) is 3.97. The van der Waals surface area contributed by atoms with E-state index in [-0.39, 0.29) is 0 Å². The van der Waals surface area contributed by atoms with Crippen LogP contribution in [0.3, 0.4) is 0 Å². The molecule has 0 aliphatic heterocycles. The average molecular weight is 244 g/mol. The molecule has 92 valence electrons. The molecule has 0 unspecified atom stereocenters. The summed E-state index contributed by atoms with van der Waals surface area (Å²) in [5.41, 5.74) is 1.01. The number of aromatic nitrogens is 4. The fraction of sp³-hybridized carbons (Fsp3) is 0.250. The SMILES string of the molecule is Cn1ccc(CCc2nc(-c3ccco3)no2)n1. The van der Waals surface area contributed by atoms with Crippen molar-refractivity contribution in [2.75, 3.05) is 0 Å². The minimum atomic E-state index is 0.482. The standard InChI is InChI=1S/C12H12N4O2/c1-16-7-6-9(14-16)4-5-11-13-12(15-18-11)10-3-2-8-17-10/h2-3,6-8H,4-5H2,1H3. The van der Waals surface area contributed by atoms with Crippen LogP contribution in [0.1, 0.15) is 11.6 Å². The van der Waals surface area contributed by atoms with Crippen molar-refractivity contribution in [2.24, 2.45) is 7.05 Å². The molecule has 6 heteroatoms. The maximum atomic E-state index is 5.20. The second-order valence-electron chi connectivity index (χ2n) is 3.97. The van der Waals surface area contributed by atoms with E-state index >= 15 is 0 Å². The number of rotatable bonds is 4. The highest BCUT2D eigenvalue weighted by atomic mass is 16.5. The van der Waals surface area contributed by atoms with Crippen molar-refractivity contribution in [1.29, 1.82) is 0 Å². The minimum absolute atomic E-state index is 0.482. The van der Waals surface area contributed by atoms with E-state index in [2.05, 4.69) is 15.2 Å². The van der Waals surface area contributed by atoms with Crippen molar-refractivity contribution in [3.8, 4) is 11.6 Å². The van der Waals surface area contributed by atoms with Gasteiger partial charge in [0.2, 0.25) is 11.7 Å². The van der Waals surface area contributed by atoms with Gasteiger partial charge < -0.3 is 8.94 Å². The summed E-state index contributed by atoms with van der Waals surface area (Å²) < 4.78 is 12.1. The summed E-state index contributed by atoms with van der Waals surface area (Å²) >= 11 is 0. The lowest BCUT2D eigenvalue weighted by atomic mass is 10.2. The molecule has 6 nitrogen and oxygen atoms in total. The van der Waals surface area contributed by atoms with Crippen molar-refractivity contribution in [3.63, 3.8) is 0 Å². The smallest absolute Gasteiger partial charge is 0.238 e. The van der Waals surface area contributed by atoms with Crippen LogP contribution in [0.25, 0.3) is 11.6 Å². The Morgan fingerprint density at radius 1 is 1.28 bits per heavy atom. The fourth-order valence-electron chi connectivity index (χ4n) is 1.69. The van der Waals surface area contributed by atoms with Gasteiger partial charge in [-0.1, -0.05) is 5.16 Å². The van der Waals surface area contributed by atoms with Crippen LogP contribution < -0.4 is 0 Å². The third kappa shape index (κ3) is 2.17. The molecule has 0 saturated heterocycles. The van der Waals surface area contributed by atoms with Gasteiger partial charge in [-0.2, -0.15) is 10.1 Å². The molecule has 0 N–H and O–H groups in total. The summed E-state index contributed by atoms with van der Waals surface area (Å²) in [6.07, 6.45) is 4.95. The van der Waals surface area contributed by atoms with Crippen LogP contribution in [-0.4, -0.2) is 19.9 Å². The summed E-state index contributed by atoms with van der Waals surface area (Å²) in [5, 5.41) is 8.16. The molecule has 0 amide bonds. The summed E-state index contributed by atoms with van der Waals surface area (Å²) in [7, 11) is 1.89. The van der Waals surface area contributed by atoms with Crippen molar-refractivity contribution < 1.29 is 8.94 Å². The molecule has 0 aliphatic carbocycles. The van der Waals surface area contributed by atoms with E-state index in [0.29, 0.717) is 23.9 Å². The highest BCUT2D eigenvalue weighted by Crippen LogP contribution is 2.16. The highest BCUT2D eigenvalue weighted by Gasteiger charge is 2.11. The zero-order valence-corrected chi connectivity index (χ0v) is 9.91. The van der Waals surface area contributed by atoms with Crippen molar-refractivity contribution >= 4 is 0 Å². The van der Waals surface area contributed by atoms with Gasteiger partial charge in [0.05, 0.1) is 12.0 Å². The van der Waals surface area contributed by atoms with E-state index in [0.717, 1.165) is 12.1 Å². The van der Waals surface area contributed by atoms with Crippen LogP contribution in [-0.2, 0) is 19.9 Å². The van der Waals surface area contributed by atoms with E-state index in [4.69, 9.17) is 8.94 Å². The highest BCUT2D eigenvalue weighted by molar-refractivity contribution is 5.44. The Bertz CT molecular complexity index is 624. The van der Waals surface area contributed by atoms with Crippen LogP contribution >= 0.6 is 0 Å². The molecule has 0 saturated carbocycles. The molecule has 0 bridgehead atoms. The number of furan rings is 1. The van der Waals surface area contributed by atoms with Gasteiger partial charge in [0.1, 0.15) is 0 Å². The van der Waals surface area contributed by atoms with E-state index in [1.165, 1.54) is 0 Å². The largest absolute Gasteiger partial charge is 0.461 e. The van der Waals surface area contributed by atoms with Crippen LogP contribution in [0, 0.1) is 0 Å². The average Bonchev–Trinajstić information content (AvgIpc) is 3.07. The lowest BCUT2D eigenvalue weighted by Crippen LogP contribution is -1.94. The molecule has 0 aromatic carbocycles. The van der Waals surface area contributed by atoms with E-state index in [1.807, 2.05) is 19.3 Å². The molecule has 3 heterocycles. The Balaban J connectivity index is 1.67. The summed E-state index contributed by atoms with van der Waals surface area (Å²) in [5.74, 6) is 1.69. The predicted octanol–water partition coefficient (Wildman–Crippen LogP) is 1.85. The topological polar surface area (TPSA) is 69.9 Å². The Hall–Kier alpha value is -2.37. The van der Waals surface area contributed by atoms with Gasteiger partial charge in [0.15, 0.2) is 5.76 Å². The first kappa shape index (κ1) is 10.8. The van der Waals surface area contributed by atoms with Crippen molar-refractivity contribution in [2.45, 2.75) is 12.8 Å². The van der Waals surface area contributed by atoms with Crippen LogP contribution in [0.4, 0.5) is 0 Å². The molecule has 3 aromatic rings. The lowest BCUT2D eigenvalue weighted by Gasteiger charge is -1.91. The van der Waals surface area contributed by atoms with E-state index in [1.54, 1.807) is 23.1 Å². The van der Waals surface area contributed by atoms with Crippen LogP contribution in [0.5, 0.6) is 0 Å². The molecule has 0 spiro atoms.